The molecule has 1 saturated heterocycles. The molecule has 3 aliphatic rings. The molecule has 0 spiro atoms. The maximum Gasteiger partial charge on any atom is 0.256 e. The van der Waals surface area contributed by atoms with Gasteiger partial charge in [-0.2, -0.15) is 0 Å². The number of rotatable bonds is 16. The zero-order chi connectivity index (χ0) is 35.0. The number of hydrogen-bond donors (Lipinski definition) is 0. The predicted octanol–water partition coefficient (Wildman–Crippen LogP) is 6.86. The van der Waals surface area contributed by atoms with Crippen molar-refractivity contribution in [2.75, 3.05) is 61.9 Å². The number of aliphatic imine (C=N–C) groups is 1. The molecular weight excluding hydrogens is 642 g/mol. The third kappa shape index (κ3) is 7.24. The third-order valence-corrected chi connectivity index (χ3v) is 9.21. The van der Waals surface area contributed by atoms with Crippen molar-refractivity contribution in [3.8, 4) is 51.4 Å². The largest absolute Gasteiger partial charge is 0.493 e. The highest BCUT2D eigenvalue weighted by Crippen LogP contribution is 2.45. The minimum absolute atomic E-state index is 0.00383. The summed E-state index contributed by atoms with van der Waals surface area (Å²) in [6, 6.07) is 11.4. The lowest BCUT2D eigenvalue weighted by Gasteiger charge is -2.20. The van der Waals surface area contributed by atoms with Gasteiger partial charge in [0.15, 0.2) is 34.5 Å². The molecule has 3 heterocycles. The fourth-order valence-electron chi connectivity index (χ4n) is 6.58. The van der Waals surface area contributed by atoms with Gasteiger partial charge >= 0.3 is 0 Å². The third-order valence-electron chi connectivity index (χ3n) is 9.21. The van der Waals surface area contributed by atoms with Gasteiger partial charge in [0.05, 0.1) is 71.8 Å². The van der Waals surface area contributed by atoms with Crippen molar-refractivity contribution in [2.45, 2.75) is 51.0 Å². The lowest BCUT2D eigenvalue weighted by molar-refractivity contribution is 0.0774. The zero-order valence-electron chi connectivity index (χ0n) is 29.4. The molecule has 12 heteroatoms. The zero-order valence-corrected chi connectivity index (χ0v) is 29.4. The number of carbonyl (C=O) groups is 1. The standard InChI is InChI=1S/C38H45N3O9/c1-43-31-20-27(29-12-16-50-40-29)26(24-17-35(45-3)37(47-5)36(18-24)46-4)19-33(31)48-14-8-6-7-9-15-49-34-22-30-28(21-32(34)44-2)38(42)41-13-10-11-25(41)23-39-30/h17-23,25H,6-16H2,1-5H3/t25-/m0/s1. The average molecular weight is 688 g/mol. The molecule has 0 aromatic heterocycles. The molecule has 12 nitrogen and oxygen atoms in total. The van der Waals surface area contributed by atoms with Gasteiger partial charge in [-0.25, -0.2) is 0 Å². The summed E-state index contributed by atoms with van der Waals surface area (Å²) in [7, 11) is 7.99. The van der Waals surface area contributed by atoms with Gasteiger partial charge in [-0.05, 0) is 80.0 Å². The first-order valence-corrected chi connectivity index (χ1v) is 17.0. The molecule has 6 rings (SSSR count). The van der Waals surface area contributed by atoms with Crippen LogP contribution < -0.4 is 33.2 Å². The summed E-state index contributed by atoms with van der Waals surface area (Å²) in [5, 5.41) is 4.29. The second-order valence-electron chi connectivity index (χ2n) is 12.2. The van der Waals surface area contributed by atoms with Crippen molar-refractivity contribution in [3.63, 3.8) is 0 Å². The second-order valence-corrected chi connectivity index (χ2v) is 12.2. The number of oxime groups is 1. The van der Waals surface area contributed by atoms with Gasteiger partial charge in [0.2, 0.25) is 5.75 Å². The number of ether oxygens (including phenoxy) is 7. The van der Waals surface area contributed by atoms with Crippen molar-refractivity contribution in [1.82, 2.24) is 4.90 Å². The Kier molecular flexibility index (Phi) is 11.1. The Morgan fingerprint density at radius 3 is 1.94 bits per heavy atom. The number of methoxy groups -OCH3 is 5. The molecule has 50 heavy (non-hydrogen) atoms. The predicted molar refractivity (Wildman–Crippen MR) is 190 cm³/mol. The van der Waals surface area contributed by atoms with Crippen LogP contribution in [0.5, 0.6) is 40.2 Å². The Morgan fingerprint density at radius 1 is 0.720 bits per heavy atom. The van der Waals surface area contributed by atoms with Gasteiger partial charge in [-0.1, -0.05) is 5.16 Å². The van der Waals surface area contributed by atoms with Crippen LogP contribution in [-0.4, -0.2) is 90.7 Å². The summed E-state index contributed by atoms with van der Waals surface area (Å²) in [6.07, 6.45) is 8.10. The SMILES string of the molecule is COc1cc2c(cc1OCCCCCCOc1cc(-c3cc(OC)c(OC)c(OC)c3)c(C3=NOCC3)cc1OC)N=C[C@@H]1CCCN1C2=O. The molecule has 0 unspecified atom stereocenters. The van der Waals surface area contributed by atoms with Crippen LogP contribution in [0, 0.1) is 0 Å². The van der Waals surface area contributed by atoms with E-state index in [9.17, 15) is 4.79 Å². The van der Waals surface area contributed by atoms with Gasteiger partial charge in [-0.3, -0.25) is 9.79 Å². The highest BCUT2D eigenvalue weighted by molar-refractivity contribution is 6.07. The van der Waals surface area contributed by atoms with Crippen LogP contribution in [0.15, 0.2) is 46.5 Å². The van der Waals surface area contributed by atoms with E-state index in [0.717, 1.165) is 67.5 Å². The molecule has 3 aromatic carbocycles. The first-order chi connectivity index (χ1) is 24.5. The summed E-state index contributed by atoms with van der Waals surface area (Å²) < 4.78 is 40.5. The summed E-state index contributed by atoms with van der Waals surface area (Å²) in [5.74, 6) is 3.97. The Balaban J connectivity index is 1.07. The molecule has 0 radical (unpaired) electrons. The van der Waals surface area contributed by atoms with E-state index in [0.29, 0.717) is 77.7 Å². The fourth-order valence-corrected chi connectivity index (χ4v) is 6.58. The van der Waals surface area contributed by atoms with Crippen molar-refractivity contribution in [1.29, 1.82) is 0 Å². The second kappa shape index (κ2) is 16.1. The van der Waals surface area contributed by atoms with E-state index in [2.05, 4.69) is 10.1 Å². The smallest absolute Gasteiger partial charge is 0.256 e. The van der Waals surface area contributed by atoms with Crippen LogP contribution in [0.2, 0.25) is 0 Å². The minimum atomic E-state index is -0.00383. The quantitative estimate of drug-likeness (QED) is 0.149. The van der Waals surface area contributed by atoms with Crippen LogP contribution >= 0.6 is 0 Å². The van der Waals surface area contributed by atoms with Crippen LogP contribution in [0.4, 0.5) is 5.69 Å². The van der Waals surface area contributed by atoms with Gasteiger partial charge in [-0.15, -0.1) is 0 Å². The molecule has 0 N–H and O–H groups in total. The van der Waals surface area contributed by atoms with Crippen molar-refractivity contribution in [3.05, 3.63) is 47.5 Å². The molecule has 0 bridgehead atoms. The summed E-state index contributed by atoms with van der Waals surface area (Å²) >= 11 is 0. The molecule has 1 atom stereocenters. The number of unbranched alkanes of at least 4 members (excludes halogenated alkanes) is 3. The Hall–Kier alpha value is -5.13. The fraction of sp³-hybridized carbons (Fsp3) is 0.447. The monoisotopic (exact) mass is 687 g/mol. The lowest BCUT2D eigenvalue weighted by Crippen LogP contribution is -2.35. The van der Waals surface area contributed by atoms with E-state index in [1.165, 1.54) is 0 Å². The summed E-state index contributed by atoms with van der Waals surface area (Å²) in [5.41, 5.74) is 4.61. The highest BCUT2D eigenvalue weighted by Gasteiger charge is 2.32. The molecular formula is C38H45N3O9. The highest BCUT2D eigenvalue weighted by atomic mass is 16.6. The first kappa shape index (κ1) is 34.7. The van der Waals surface area contributed by atoms with E-state index in [4.69, 9.17) is 38.0 Å². The Morgan fingerprint density at radius 2 is 1.34 bits per heavy atom. The molecule has 1 fully saturated rings. The van der Waals surface area contributed by atoms with Crippen LogP contribution in [0.1, 0.15) is 60.9 Å². The number of fused-ring (bicyclic) bond motifs is 2. The minimum Gasteiger partial charge on any atom is -0.493 e. The van der Waals surface area contributed by atoms with E-state index >= 15 is 0 Å². The summed E-state index contributed by atoms with van der Waals surface area (Å²) in [4.78, 5) is 25.0. The number of amides is 1. The van der Waals surface area contributed by atoms with Gasteiger partial charge < -0.3 is 42.9 Å². The summed E-state index contributed by atoms with van der Waals surface area (Å²) in [6.45, 7) is 2.30. The number of benzene rings is 3. The van der Waals surface area contributed by atoms with E-state index in [1.807, 2.05) is 41.4 Å². The molecule has 0 aliphatic carbocycles. The van der Waals surface area contributed by atoms with Crippen molar-refractivity contribution < 1.29 is 42.8 Å². The van der Waals surface area contributed by atoms with Crippen LogP contribution in [-0.2, 0) is 4.84 Å². The van der Waals surface area contributed by atoms with E-state index in [1.54, 1.807) is 41.6 Å². The molecule has 3 aromatic rings. The molecule has 266 valence electrons. The van der Waals surface area contributed by atoms with Crippen molar-refractivity contribution >= 4 is 23.5 Å². The normalized spacial score (nSPS) is 16.2. The molecule has 1 amide bonds. The number of nitrogens with zero attached hydrogens (tertiary/aromatic N) is 3. The van der Waals surface area contributed by atoms with Gasteiger partial charge in [0.25, 0.3) is 5.91 Å². The van der Waals surface area contributed by atoms with Gasteiger partial charge in [0, 0.05) is 30.8 Å². The van der Waals surface area contributed by atoms with Crippen LogP contribution in [0.3, 0.4) is 0 Å². The maximum atomic E-state index is 13.1. The van der Waals surface area contributed by atoms with Crippen molar-refractivity contribution in [2.24, 2.45) is 10.1 Å². The Labute approximate surface area is 292 Å². The van der Waals surface area contributed by atoms with Gasteiger partial charge in [0.1, 0.15) is 6.61 Å². The molecule has 3 aliphatic heterocycles. The number of carbonyl (C=O) groups excluding carboxylic acids is 1. The lowest BCUT2D eigenvalue weighted by atomic mass is 9.94. The Bertz CT molecular complexity index is 1730. The molecule has 0 saturated carbocycles. The number of hydrogen-bond acceptors (Lipinski definition) is 11. The topological polar surface area (TPSA) is 119 Å². The van der Waals surface area contributed by atoms with E-state index in [-0.39, 0.29) is 11.9 Å². The first-order valence-electron chi connectivity index (χ1n) is 17.0. The van der Waals surface area contributed by atoms with E-state index < -0.39 is 0 Å². The average Bonchev–Trinajstić information content (AvgIpc) is 3.85. The van der Waals surface area contributed by atoms with Crippen LogP contribution in [0.25, 0.3) is 11.1 Å². The maximum absolute atomic E-state index is 13.1.